The number of carboxylic acid groups (broad SMARTS) is 1. The third-order valence-electron chi connectivity index (χ3n) is 4.17. The quantitative estimate of drug-likeness (QED) is 0.0512. The maximum atomic E-state index is 12.7. The van der Waals surface area contributed by atoms with Gasteiger partial charge in [0.2, 0.25) is 23.6 Å². The van der Waals surface area contributed by atoms with Gasteiger partial charge in [-0.3, -0.25) is 24.6 Å². The number of carbonyl (C=O) groups excluding carboxylic acids is 4. The van der Waals surface area contributed by atoms with Crippen LogP contribution in [0.1, 0.15) is 33.1 Å². The molecule has 14 nitrogen and oxygen atoms in total. The molecule has 0 spiro atoms. The van der Waals surface area contributed by atoms with E-state index in [1.165, 1.54) is 13.8 Å². The number of carbonyl (C=O) groups is 5. The molecule has 4 amide bonds. The fraction of sp³-hybridized carbons (Fsp3) is 0.647. The summed E-state index contributed by atoms with van der Waals surface area (Å²) >= 11 is 3.83. The first kappa shape index (κ1) is 28.9. The van der Waals surface area contributed by atoms with Crippen LogP contribution in [0.25, 0.3) is 0 Å². The number of hydrogen-bond acceptors (Lipinski definition) is 8. The van der Waals surface area contributed by atoms with Gasteiger partial charge in [-0.15, -0.1) is 0 Å². The van der Waals surface area contributed by atoms with Gasteiger partial charge in [0.15, 0.2) is 5.96 Å². The lowest BCUT2D eigenvalue weighted by Crippen LogP contribution is -2.62. The Labute approximate surface area is 190 Å². The predicted octanol–water partition coefficient (Wildman–Crippen LogP) is -3.67. The van der Waals surface area contributed by atoms with E-state index < -0.39 is 59.7 Å². The van der Waals surface area contributed by atoms with Crippen LogP contribution < -0.4 is 38.5 Å². The normalized spacial score (nSPS) is 13.8. The second kappa shape index (κ2) is 13.4. The lowest BCUT2D eigenvalue weighted by Gasteiger charge is -2.29. The van der Waals surface area contributed by atoms with Gasteiger partial charge in [-0.2, -0.15) is 12.6 Å². The first-order valence-electron chi connectivity index (χ1n) is 9.60. The first-order valence-corrected chi connectivity index (χ1v) is 10.2. The zero-order valence-electron chi connectivity index (χ0n) is 17.9. The van der Waals surface area contributed by atoms with E-state index in [1.807, 2.05) is 0 Å². The molecule has 0 aromatic carbocycles. The highest BCUT2D eigenvalue weighted by Gasteiger charge is 2.35. The monoisotopic (exact) mass is 476 g/mol. The molecule has 0 saturated heterocycles. The summed E-state index contributed by atoms with van der Waals surface area (Å²) in [5, 5.41) is 25.5. The van der Waals surface area contributed by atoms with Crippen molar-refractivity contribution < 1.29 is 29.1 Å². The smallest absolute Gasteiger partial charge is 0.327 e. The van der Waals surface area contributed by atoms with E-state index in [9.17, 15) is 24.0 Å². The number of nitrogens with two attached hydrogens (primary N) is 3. The van der Waals surface area contributed by atoms with Crippen LogP contribution in [-0.2, 0) is 24.0 Å². The van der Waals surface area contributed by atoms with Gasteiger partial charge in [-0.05, 0) is 26.7 Å². The van der Waals surface area contributed by atoms with Gasteiger partial charge in [0.25, 0.3) is 0 Å². The Bertz CT molecular complexity index is 732. The molecule has 0 unspecified atom stereocenters. The van der Waals surface area contributed by atoms with Crippen LogP contribution in [0.4, 0.5) is 0 Å². The van der Waals surface area contributed by atoms with Gasteiger partial charge in [0, 0.05) is 12.3 Å². The van der Waals surface area contributed by atoms with Crippen molar-refractivity contribution in [3.63, 3.8) is 0 Å². The molecule has 0 aromatic rings. The summed E-state index contributed by atoms with van der Waals surface area (Å²) in [5.41, 5.74) is 14.6. The molecule has 0 aliphatic carbocycles. The van der Waals surface area contributed by atoms with Crippen molar-refractivity contribution >= 4 is 48.2 Å². The SMILES string of the molecule is CC(C)(NC(=O)[C@@H](N)CCCNC(=N)N)C(=O)N[C@@H](CC(N)=O)C(=O)N[C@@H](CS)C(=O)O. The Kier molecular flexibility index (Phi) is 12.1. The molecule has 182 valence electrons. The third kappa shape index (κ3) is 10.8. The van der Waals surface area contributed by atoms with Crippen LogP contribution in [0.2, 0.25) is 0 Å². The fourth-order valence-corrected chi connectivity index (χ4v) is 2.59. The fourth-order valence-electron chi connectivity index (χ4n) is 2.34. The van der Waals surface area contributed by atoms with Crippen LogP contribution >= 0.6 is 12.6 Å². The summed E-state index contributed by atoms with van der Waals surface area (Å²) in [6, 6.07) is -3.77. The van der Waals surface area contributed by atoms with Gasteiger partial charge in [0.1, 0.15) is 17.6 Å². The molecular weight excluding hydrogens is 444 g/mol. The maximum absolute atomic E-state index is 12.7. The number of aliphatic carboxylic acids is 1. The number of amides is 4. The number of rotatable bonds is 14. The molecule has 0 aromatic heterocycles. The van der Waals surface area contributed by atoms with Crippen LogP contribution in [0.5, 0.6) is 0 Å². The molecule has 12 N–H and O–H groups in total. The Morgan fingerprint density at radius 3 is 2.12 bits per heavy atom. The Balaban J connectivity index is 5.07. The number of carboxylic acids is 1. The Morgan fingerprint density at radius 2 is 1.66 bits per heavy atom. The zero-order valence-corrected chi connectivity index (χ0v) is 18.8. The lowest BCUT2D eigenvalue weighted by molar-refractivity contribution is -0.142. The minimum Gasteiger partial charge on any atom is -0.480 e. The van der Waals surface area contributed by atoms with Crippen molar-refractivity contribution in [1.82, 2.24) is 21.3 Å². The van der Waals surface area contributed by atoms with Crippen molar-refractivity contribution in [1.29, 1.82) is 5.41 Å². The zero-order chi connectivity index (χ0) is 25.1. The molecule has 15 heteroatoms. The summed E-state index contributed by atoms with van der Waals surface area (Å²) in [6.45, 7) is 3.06. The maximum Gasteiger partial charge on any atom is 0.327 e. The van der Waals surface area contributed by atoms with Crippen molar-refractivity contribution in [3.05, 3.63) is 0 Å². The van der Waals surface area contributed by atoms with Gasteiger partial charge in [-0.25, -0.2) is 4.79 Å². The highest BCUT2D eigenvalue weighted by Crippen LogP contribution is 2.07. The van der Waals surface area contributed by atoms with Crippen LogP contribution in [0, 0.1) is 5.41 Å². The highest BCUT2D eigenvalue weighted by atomic mass is 32.1. The van der Waals surface area contributed by atoms with E-state index >= 15 is 0 Å². The first-order chi connectivity index (χ1) is 14.7. The standard InChI is InChI=1S/C17H32N8O6S/c1-17(2,25-12(27)8(18)4-3-5-22-16(20)21)15(31)24-9(6-11(19)26)13(28)23-10(7-32)14(29)30/h8-10,32H,3-7,18H2,1-2H3,(H2,19,26)(H,23,28)(H,24,31)(H,25,27)(H,29,30)(H4,20,21,22)/t8-,9-,10-/m0/s1. The molecule has 0 heterocycles. The van der Waals surface area contributed by atoms with E-state index in [4.69, 9.17) is 27.7 Å². The number of nitrogens with one attached hydrogen (secondary N) is 5. The predicted molar refractivity (Wildman–Crippen MR) is 119 cm³/mol. The topological polar surface area (TPSA) is 256 Å². The van der Waals surface area contributed by atoms with Gasteiger partial charge < -0.3 is 43.6 Å². The van der Waals surface area contributed by atoms with E-state index in [0.717, 1.165) is 0 Å². The second-order valence-corrected chi connectivity index (χ2v) is 7.85. The van der Waals surface area contributed by atoms with Gasteiger partial charge in [-0.1, -0.05) is 0 Å². The number of primary amides is 1. The van der Waals surface area contributed by atoms with Crippen LogP contribution in [0.15, 0.2) is 0 Å². The van der Waals surface area contributed by atoms with E-state index in [-0.39, 0.29) is 18.1 Å². The second-order valence-electron chi connectivity index (χ2n) is 7.48. The van der Waals surface area contributed by atoms with Gasteiger partial charge >= 0.3 is 5.97 Å². The average molecular weight is 477 g/mol. The molecule has 0 saturated carbocycles. The number of thiol groups is 1. The molecule has 0 radical (unpaired) electrons. The summed E-state index contributed by atoms with van der Waals surface area (Å²) in [5.74, 6) is -5.10. The molecule has 3 atom stereocenters. The molecule has 0 fully saturated rings. The average Bonchev–Trinajstić information content (AvgIpc) is 2.67. The van der Waals surface area contributed by atoms with Crippen LogP contribution in [-0.4, -0.2) is 76.6 Å². The molecule has 0 bridgehead atoms. The summed E-state index contributed by atoms with van der Waals surface area (Å²) < 4.78 is 0. The van der Waals surface area contributed by atoms with E-state index in [0.29, 0.717) is 13.0 Å². The Hall–Kier alpha value is -3.07. The molecule has 0 aliphatic heterocycles. The highest BCUT2D eigenvalue weighted by molar-refractivity contribution is 7.80. The van der Waals surface area contributed by atoms with Crippen LogP contribution in [0.3, 0.4) is 0 Å². The summed E-state index contributed by atoms with van der Waals surface area (Å²) in [7, 11) is 0. The number of guanidine groups is 1. The molecule has 0 rings (SSSR count). The minimum absolute atomic E-state index is 0.209. The number of hydrogen-bond donors (Lipinski definition) is 10. The van der Waals surface area contributed by atoms with E-state index in [2.05, 4.69) is 33.9 Å². The third-order valence-corrected chi connectivity index (χ3v) is 4.54. The largest absolute Gasteiger partial charge is 0.480 e. The van der Waals surface area contributed by atoms with Crippen molar-refractivity contribution in [2.24, 2.45) is 17.2 Å². The summed E-state index contributed by atoms with van der Waals surface area (Å²) in [6.07, 6.45) is 0.0948. The van der Waals surface area contributed by atoms with E-state index in [1.54, 1.807) is 0 Å². The van der Waals surface area contributed by atoms with Crippen molar-refractivity contribution in [2.75, 3.05) is 12.3 Å². The van der Waals surface area contributed by atoms with Crippen molar-refractivity contribution in [2.45, 2.75) is 56.8 Å². The Morgan fingerprint density at radius 1 is 1.06 bits per heavy atom. The van der Waals surface area contributed by atoms with Gasteiger partial charge in [0.05, 0.1) is 12.5 Å². The summed E-state index contributed by atoms with van der Waals surface area (Å²) in [4.78, 5) is 59.8. The molecular formula is C17H32N8O6S. The lowest BCUT2D eigenvalue weighted by atomic mass is 10.0. The molecule has 32 heavy (non-hydrogen) atoms. The van der Waals surface area contributed by atoms with Crippen molar-refractivity contribution in [3.8, 4) is 0 Å². The molecule has 0 aliphatic rings. The minimum atomic E-state index is -1.53.